The van der Waals surface area contributed by atoms with Crippen LogP contribution >= 0.6 is 0 Å². The molecule has 0 bridgehead atoms. The molecular formula is C17H36N4O2. The van der Waals surface area contributed by atoms with E-state index in [1.807, 2.05) is 20.8 Å². The lowest BCUT2D eigenvalue weighted by molar-refractivity contribution is 0.0396. The molecule has 1 aliphatic heterocycles. The molecule has 0 aromatic carbocycles. The van der Waals surface area contributed by atoms with Crippen LogP contribution in [-0.2, 0) is 4.74 Å². The minimum atomic E-state index is -0.458. The summed E-state index contributed by atoms with van der Waals surface area (Å²) in [5, 5.41) is 2.82. The van der Waals surface area contributed by atoms with E-state index in [4.69, 9.17) is 10.5 Å². The van der Waals surface area contributed by atoms with E-state index in [-0.39, 0.29) is 11.6 Å². The number of carbonyl (C=O) groups excluding carboxylic acids is 1. The molecule has 1 atom stereocenters. The largest absolute Gasteiger partial charge is 0.444 e. The zero-order valence-corrected chi connectivity index (χ0v) is 15.8. The molecule has 0 radical (unpaired) electrons. The van der Waals surface area contributed by atoms with Gasteiger partial charge < -0.3 is 15.8 Å². The maximum Gasteiger partial charge on any atom is 0.407 e. The average molecular weight is 329 g/mol. The van der Waals surface area contributed by atoms with Crippen LogP contribution in [-0.4, -0.2) is 72.3 Å². The smallest absolute Gasteiger partial charge is 0.407 e. The van der Waals surface area contributed by atoms with Gasteiger partial charge in [-0.1, -0.05) is 0 Å². The normalized spacial score (nSPS) is 19.4. The van der Waals surface area contributed by atoms with E-state index < -0.39 is 5.60 Å². The fraction of sp³-hybridized carbons (Fsp3) is 0.941. The Labute approximate surface area is 141 Å². The number of hydrogen-bond donors (Lipinski definition) is 2. The summed E-state index contributed by atoms with van der Waals surface area (Å²) in [7, 11) is 0. The number of ether oxygens (including phenoxy) is 1. The number of nitrogens with two attached hydrogens (primary N) is 1. The minimum absolute atomic E-state index is 0.225. The number of piperazine rings is 1. The van der Waals surface area contributed by atoms with Gasteiger partial charge in [-0.3, -0.25) is 9.80 Å². The summed E-state index contributed by atoms with van der Waals surface area (Å²) in [4.78, 5) is 16.6. The third-order valence-corrected chi connectivity index (χ3v) is 4.20. The molecule has 136 valence electrons. The fourth-order valence-corrected chi connectivity index (χ4v) is 2.86. The van der Waals surface area contributed by atoms with Gasteiger partial charge in [-0.2, -0.15) is 0 Å². The molecule has 3 N–H and O–H groups in total. The summed E-state index contributed by atoms with van der Waals surface area (Å²) >= 11 is 0. The van der Waals surface area contributed by atoms with E-state index in [0.717, 1.165) is 32.6 Å². The Kier molecular flexibility index (Phi) is 7.29. The molecule has 1 unspecified atom stereocenters. The van der Waals surface area contributed by atoms with Gasteiger partial charge in [-0.15, -0.1) is 0 Å². The number of nitrogens with zero attached hydrogens (tertiary/aromatic N) is 2. The molecule has 1 fully saturated rings. The number of nitrogens with one attached hydrogen (secondary N) is 1. The molecule has 0 aromatic heterocycles. The molecule has 1 aliphatic rings. The van der Waals surface area contributed by atoms with Crippen molar-refractivity contribution in [2.45, 2.75) is 65.1 Å². The Morgan fingerprint density at radius 2 is 1.70 bits per heavy atom. The summed E-state index contributed by atoms with van der Waals surface area (Å²) in [6, 6.07) is 0.312. The molecule has 6 nitrogen and oxygen atoms in total. The standard InChI is InChI=1S/C17H36N4O2/c1-16(2,3)21-11-9-20(10-12-21)14(13-18)7-8-19-15(22)23-17(4,5)6/h14H,7-13,18H2,1-6H3,(H,19,22). The van der Waals surface area contributed by atoms with Crippen molar-refractivity contribution in [2.24, 2.45) is 5.73 Å². The van der Waals surface area contributed by atoms with Gasteiger partial charge in [0.2, 0.25) is 0 Å². The van der Waals surface area contributed by atoms with Crippen LogP contribution in [0, 0.1) is 0 Å². The lowest BCUT2D eigenvalue weighted by Crippen LogP contribution is -2.57. The molecule has 0 saturated carbocycles. The third kappa shape index (κ3) is 7.50. The van der Waals surface area contributed by atoms with Crippen LogP contribution in [0.2, 0.25) is 0 Å². The van der Waals surface area contributed by atoms with E-state index in [1.165, 1.54) is 0 Å². The molecule has 0 spiro atoms. The number of amides is 1. The van der Waals surface area contributed by atoms with E-state index in [1.54, 1.807) is 0 Å². The predicted octanol–water partition coefficient (Wildman–Crippen LogP) is 1.64. The van der Waals surface area contributed by atoms with Crippen LogP contribution in [0.15, 0.2) is 0 Å². The van der Waals surface area contributed by atoms with Crippen molar-refractivity contribution < 1.29 is 9.53 Å². The van der Waals surface area contributed by atoms with Crippen LogP contribution in [0.4, 0.5) is 4.79 Å². The maximum atomic E-state index is 11.7. The molecular weight excluding hydrogens is 292 g/mol. The Hall–Kier alpha value is -0.850. The molecule has 1 amide bonds. The van der Waals surface area contributed by atoms with E-state index in [9.17, 15) is 4.79 Å². The second-order valence-corrected chi connectivity index (χ2v) is 8.30. The summed E-state index contributed by atoms with van der Waals surface area (Å²) in [5.41, 5.74) is 5.71. The highest BCUT2D eigenvalue weighted by Crippen LogP contribution is 2.17. The highest BCUT2D eigenvalue weighted by Gasteiger charge is 2.28. The van der Waals surface area contributed by atoms with Crippen molar-refractivity contribution >= 4 is 6.09 Å². The second kappa shape index (κ2) is 8.31. The van der Waals surface area contributed by atoms with Gasteiger partial charge in [0.05, 0.1) is 0 Å². The molecule has 0 aliphatic carbocycles. The average Bonchev–Trinajstić information content (AvgIpc) is 2.41. The molecule has 23 heavy (non-hydrogen) atoms. The number of hydrogen-bond acceptors (Lipinski definition) is 5. The fourth-order valence-electron chi connectivity index (χ4n) is 2.86. The molecule has 1 rings (SSSR count). The molecule has 0 aromatic rings. The maximum absolute atomic E-state index is 11.7. The van der Waals surface area contributed by atoms with Gasteiger partial charge in [-0.25, -0.2) is 4.79 Å². The highest BCUT2D eigenvalue weighted by atomic mass is 16.6. The van der Waals surface area contributed by atoms with E-state index in [0.29, 0.717) is 19.1 Å². The molecule has 1 saturated heterocycles. The number of carbonyl (C=O) groups is 1. The van der Waals surface area contributed by atoms with E-state index >= 15 is 0 Å². The Bertz CT molecular complexity index is 366. The van der Waals surface area contributed by atoms with Crippen LogP contribution < -0.4 is 11.1 Å². The zero-order valence-electron chi connectivity index (χ0n) is 15.8. The predicted molar refractivity (Wildman–Crippen MR) is 94.6 cm³/mol. The van der Waals surface area contributed by atoms with Gasteiger partial charge in [0.1, 0.15) is 5.60 Å². The van der Waals surface area contributed by atoms with Gasteiger partial charge in [0.25, 0.3) is 0 Å². The van der Waals surface area contributed by atoms with Crippen molar-refractivity contribution in [2.75, 3.05) is 39.3 Å². The minimum Gasteiger partial charge on any atom is -0.444 e. The second-order valence-electron chi connectivity index (χ2n) is 8.30. The third-order valence-electron chi connectivity index (χ3n) is 4.20. The summed E-state index contributed by atoms with van der Waals surface area (Å²) in [5.74, 6) is 0. The Morgan fingerprint density at radius 1 is 1.13 bits per heavy atom. The first-order valence-corrected chi connectivity index (χ1v) is 8.69. The van der Waals surface area contributed by atoms with E-state index in [2.05, 4.69) is 35.9 Å². The first-order chi connectivity index (χ1) is 10.5. The molecule has 6 heteroatoms. The first kappa shape index (κ1) is 20.2. The lowest BCUT2D eigenvalue weighted by atomic mass is 10.0. The summed E-state index contributed by atoms with van der Waals surface area (Å²) < 4.78 is 5.25. The zero-order chi connectivity index (χ0) is 17.7. The van der Waals surface area contributed by atoms with Gasteiger partial charge in [0, 0.05) is 50.8 Å². The van der Waals surface area contributed by atoms with Crippen molar-refractivity contribution in [3.63, 3.8) is 0 Å². The Balaban J connectivity index is 2.34. The van der Waals surface area contributed by atoms with Crippen molar-refractivity contribution in [1.82, 2.24) is 15.1 Å². The number of rotatable bonds is 5. The van der Waals surface area contributed by atoms with Crippen LogP contribution in [0.1, 0.15) is 48.0 Å². The first-order valence-electron chi connectivity index (χ1n) is 8.69. The Morgan fingerprint density at radius 3 is 2.13 bits per heavy atom. The lowest BCUT2D eigenvalue weighted by Gasteiger charge is -2.44. The summed E-state index contributed by atoms with van der Waals surface area (Å²) in [6.45, 7) is 17.8. The van der Waals surface area contributed by atoms with Crippen molar-refractivity contribution in [3.8, 4) is 0 Å². The quantitative estimate of drug-likeness (QED) is 0.803. The topological polar surface area (TPSA) is 70.8 Å². The monoisotopic (exact) mass is 328 g/mol. The summed E-state index contributed by atoms with van der Waals surface area (Å²) in [6.07, 6.45) is 0.497. The van der Waals surface area contributed by atoms with Crippen LogP contribution in [0.5, 0.6) is 0 Å². The van der Waals surface area contributed by atoms with Crippen LogP contribution in [0.25, 0.3) is 0 Å². The SMILES string of the molecule is CC(C)(C)OC(=O)NCCC(CN)N1CCN(C(C)(C)C)CC1. The highest BCUT2D eigenvalue weighted by molar-refractivity contribution is 5.67. The van der Waals surface area contributed by atoms with Crippen molar-refractivity contribution in [3.05, 3.63) is 0 Å². The van der Waals surface area contributed by atoms with Crippen LogP contribution in [0.3, 0.4) is 0 Å². The van der Waals surface area contributed by atoms with Gasteiger partial charge in [-0.05, 0) is 48.0 Å². The van der Waals surface area contributed by atoms with Crippen molar-refractivity contribution in [1.29, 1.82) is 0 Å². The van der Waals surface area contributed by atoms with Gasteiger partial charge in [0.15, 0.2) is 0 Å². The number of alkyl carbamates (subject to hydrolysis) is 1. The van der Waals surface area contributed by atoms with Gasteiger partial charge >= 0.3 is 6.09 Å². The molecule has 1 heterocycles.